The van der Waals surface area contributed by atoms with E-state index in [0.717, 1.165) is 23.8 Å². The summed E-state index contributed by atoms with van der Waals surface area (Å²) in [6.45, 7) is 0.554. The molecule has 3 rings (SSSR count). The predicted octanol–water partition coefficient (Wildman–Crippen LogP) is 3.92. The van der Waals surface area contributed by atoms with E-state index in [1.807, 2.05) is 78.9 Å². The fourth-order valence-corrected chi connectivity index (χ4v) is 2.66. The average Bonchev–Trinajstić information content (AvgIpc) is 2.84. The van der Waals surface area contributed by atoms with Crippen LogP contribution in [-0.4, -0.2) is 42.2 Å². The Kier molecular flexibility index (Phi) is 10.4. The molecule has 32 heavy (non-hydrogen) atoms. The second-order valence-electron chi connectivity index (χ2n) is 6.60. The molecule has 0 atom stereocenters. The highest BCUT2D eigenvalue weighted by Gasteiger charge is 2.03. The molecular weight excluding hydrogens is 410 g/mol. The quantitative estimate of drug-likeness (QED) is 0.392. The number of carboxylic acids is 1. The zero-order valence-electron chi connectivity index (χ0n) is 17.9. The second-order valence-corrected chi connectivity index (χ2v) is 6.60. The van der Waals surface area contributed by atoms with Crippen LogP contribution >= 0.6 is 0 Å². The van der Waals surface area contributed by atoms with E-state index in [1.54, 1.807) is 0 Å². The van der Waals surface area contributed by atoms with E-state index in [0.29, 0.717) is 23.8 Å². The third kappa shape index (κ3) is 8.59. The van der Waals surface area contributed by atoms with Crippen molar-refractivity contribution in [3.8, 4) is 11.5 Å². The first kappa shape index (κ1) is 24.6. The first-order chi connectivity index (χ1) is 15.6. The monoisotopic (exact) mass is 437 g/mol. The van der Waals surface area contributed by atoms with E-state index in [2.05, 4.69) is 0 Å². The van der Waals surface area contributed by atoms with Gasteiger partial charge in [-0.3, -0.25) is 0 Å². The van der Waals surface area contributed by atoms with Gasteiger partial charge >= 0.3 is 5.97 Å². The van der Waals surface area contributed by atoms with Crippen LogP contribution in [-0.2, 0) is 22.7 Å². The van der Waals surface area contributed by atoms with E-state index in [9.17, 15) is 4.79 Å². The number of aliphatic hydroxyl groups excluding tert-OH is 1. The molecule has 0 aliphatic heterocycles. The van der Waals surface area contributed by atoms with Crippen LogP contribution in [0.5, 0.6) is 11.5 Å². The van der Waals surface area contributed by atoms with Crippen molar-refractivity contribution in [3.05, 3.63) is 95.6 Å². The van der Waals surface area contributed by atoms with Crippen LogP contribution < -0.4 is 9.47 Å². The SMILES string of the molecule is CO.N=C(COc1ccc(COc2ccc(COCC(=O)O)cc2)cc1)c1ccccc1. The number of carbonyl (C=O) groups is 1. The molecule has 0 bridgehead atoms. The summed E-state index contributed by atoms with van der Waals surface area (Å²) in [5, 5.41) is 23.6. The van der Waals surface area contributed by atoms with Crippen molar-refractivity contribution < 1.29 is 29.2 Å². The molecule has 0 unspecified atom stereocenters. The fraction of sp³-hybridized carbons (Fsp3) is 0.200. The molecule has 3 aromatic rings. The molecule has 0 spiro atoms. The van der Waals surface area contributed by atoms with E-state index in [-0.39, 0.29) is 19.8 Å². The number of nitrogens with one attached hydrogen (secondary N) is 1. The number of hydrogen-bond acceptors (Lipinski definition) is 6. The summed E-state index contributed by atoms with van der Waals surface area (Å²) in [6, 6.07) is 24.4. The Balaban J connectivity index is 0.00000176. The Morgan fingerprint density at radius 1 is 0.750 bits per heavy atom. The Hall–Kier alpha value is -3.68. The van der Waals surface area contributed by atoms with Crippen LogP contribution in [0.25, 0.3) is 0 Å². The summed E-state index contributed by atoms with van der Waals surface area (Å²) < 4.78 is 16.5. The topological polar surface area (TPSA) is 109 Å². The molecule has 0 aliphatic rings. The van der Waals surface area contributed by atoms with Gasteiger partial charge in [0.15, 0.2) is 0 Å². The minimum atomic E-state index is -0.985. The van der Waals surface area contributed by atoms with Crippen LogP contribution in [0.15, 0.2) is 78.9 Å². The summed E-state index contributed by atoms with van der Waals surface area (Å²) in [6.07, 6.45) is 0. The van der Waals surface area contributed by atoms with Gasteiger partial charge in [0.25, 0.3) is 0 Å². The van der Waals surface area contributed by atoms with Gasteiger partial charge in [-0.1, -0.05) is 54.6 Å². The van der Waals surface area contributed by atoms with Crippen molar-refractivity contribution in [1.82, 2.24) is 0 Å². The number of ether oxygens (including phenoxy) is 3. The lowest BCUT2D eigenvalue weighted by Crippen LogP contribution is -2.11. The lowest BCUT2D eigenvalue weighted by Gasteiger charge is -2.10. The molecule has 0 radical (unpaired) electrons. The first-order valence-corrected chi connectivity index (χ1v) is 9.91. The van der Waals surface area contributed by atoms with Crippen LogP contribution in [0.3, 0.4) is 0 Å². The fourth-order valence-electron chi connectivity index (χ4n) is 2.66. The Morgan fingerprint density at radius 3 is 1.84 bits per heavy atom. The van der Waals surface area contributed by atoms with Gasteiger partial charge in [-0.05, 0) is 41.0 Å². The van der Waals surface area contributed by atoms with Crippen LogP contribution in [0.4, 0.5) is 0 Å². The zero-order chi connectivity index (χ0) is 23.2. The highest BCUT2D eigenvalue weighted by Crippen LogP contribution is 2.17. The van der Waals surface area contributed by atoms with Crippen molar-refractivity contribution in [2.75, 3.05) is 20.3 Å². The number of aliphatic hydroxyl groups is 1. The summed E-state index contributed by atoms with van der Waals surface area (Å²) in [4.78, 5) is 10.4. The predicted molar refractivity (Wildman–Crippen MR) is 121 cm³/mol. The molecule has 168 valence electrons. The molecule has 3 N–H and O–H groups in total. The first-order valence-electron chi connectivity index (χ1n) is 9.91. The molecule has 0 heterocycles. The molecule has 7 nitrogen and oxygen atoms in total. The summed E-state index contributed by atoms with van der Waals surface area (Å²) >= 11 is 0. The van der Waals surface area contributed by atoms with Crippen molar-refractivity contribution in [2.45, 2.75) is 13.2 Å². The van der Waals surface area contributed by atoms with Gasteiger partial charge < -0.3 is 29.8 Å². The Labute approximate surface area is 187 Å². The van der Waals surface area contributed by atoms with Gasteiger partial charge in [-0.25, -0.2) is 4.79 Å². The standard InChI is InChI=1S/C24H23NO5.CH4O/c25-23(20-4-2-1-3-5-20)16-30-22-12-8-19(9-13-22)15-29-21-10-6-18(7-11-21)14-28-17-24(26)27;1-2/h1-13,25H,14-17H2,(H,26,27);2H,1H3. The van der Waals surface area contributed by atoms with Gasteiger partial charge in [0.2, 0.25) is 0 Å². The number of rotatable bonds is 11. The molecule has 0 saturated carbocycles. The number of benzene rings is 3. The van der Waals surface area contributed by atoms with E-state index >= 15 is 0 Å². The van der Waals surface area contributed by atoms with Crippen LogP contribution in [0.1, 0.15) is 16.7 Å². The lowest BCUT2D eigenvalue weighted by molar-refractivity contribution is -0.142. The van der Waals surface area contributed by atoms with Crippen molar-refractivity contribution in [1.29, 1.82) is 5.41 Å². The smallest absolute Gasteiger partial charge is 0.329 e. The van der Waals surface area contributed by atoms with Crippen LogP contribution in [0.2, 0.25) is 0 Å². The minimum absolute atomic E-state index is 0.211. The highest BCUT2D eigenvalue weighted by molar-refractivity contribution is 5.99. The number of carboxylic acid groups (broad SMARTS) is 1. The molecule has 7 heteroatoms. The third-order valence-electron chi connectivity index (χ3n) is 4.25. The van der Waals surface area contributed by atoms with Gasteiger partial charge in [0, 0.05) is 7.11 Å². The normalized spacial score (nSPS) is 9.94. The Morgan fingerprint density at radius 2 is 1.28 bits per heavy atom. The summed E-state index contributed by atoms with van der Waals surface area (Å²) in [7, 11) is 1.00. The third-order valence-corrected chi connectivity index (χ3v) is 4.25. The van der Waals surface area contributed by atoms with E-state index in [1.165, 1.54) is 0 Å². The minimum Gasteiger partial charge on any atom is -0.489 e. The van der Waals surface area contributed by atoms with Crippen molar-refractivity contribution >= 4 is 11.7 Å². The largest absolute Gasteiger partial charge is 0.489 e. The zero-order valence-corrected chi connectivity index (χ0v) is 17.9. The van der Waals surface area contributed by atoms with Gasteiger partial charge in [0.1, 0.15) is 31.3 Å². The number of aliphatic carboxylic acids is 1. The molecule has 3 aromatic carbocycles. The lowest BCUT2D eigenvalue weighted by atomic mass is 10.1. The maximum absolute atomic E-state index is 10.4. The highest BCUT2D eigenvalue weighted by atomic mass is 16.5. The van der Waals surface area contributed by atoms with Crippen molar-refractivity contribution in [2.24, 2.45) is 0 Å². The Bertz CT molecular complexity index is 956. The van der Waals surface area contributed by atoms with E-state index < -0.39 is 5.97 Å². The van der Waals surface area contributed by atoms with Gasteiger partial charge in [-0.2, -0.15) is 0 Å². The molecule has 0 saturated heterocycles. The molecule has 0 aromatic heterocycles. The van der Waals surface area contributed by atoms with Crippen LogP contribution in [0, 0.1) is 5.41 Å². The van der Waals surface area contributed by atoms with Gasteiger partial charge in [-0.15, -0.1) is 0 Å². The van der Waals surface area contributed by atoms with Crippen molar-refractivity contribution in [3.63, 3.8) is 0 Å². The van der Waals surface area contributed by atoms with Gasteiger partial charge in [0.05, 0.1) is 12.3 Å². The second kappa shape index (κ2) is 13.6. The summed E-state index contributed by atoms with van der Waals surface area (Å²) in [5.41, 5.74) is 3.15. The molecule has 0 fully saturated rings. The molecule has 0 aliphatic carbocycles. The number of hydrogen-bond donors (Lipinski definition) is 3. The summed E-state index contributed by atoms with van der Waals surface area (Å²) in [5.74, 6) is 0.430. The molecule has 0 amide bonds. The van der Waals surface area contributed by atoms with E-state index in [4.69, 9.17) is 29.8 Å². The maximum Gasteiger partial charge on any atom is 0.329 e. The average molecular weight is 437 g/mol. The maximum atomic E-state index is 10.4. The molecular formula is C25H27NO6.